The van der Waals surface area contributed by atoms with Crippen LogP contribution in [0.3, 0.4) is 0 Å². The Balaban J connectivity index is 1.94. The first-order chi connectivity index (χ1) is 10.6. The maximum Gasteiger partial charge on any atom is 0.298 e. The number of amides is 1. The fourth-order valence-electron chi connectivity index (χ4n) is 1.88. The van der Waals surface area contributed by atoms with Gasteiger partial charge >= 0.3 is 0 Å². The van der Waals surface area contributed by atoms with Crippen LogP contribution >= 0.6 is 15.9 Å². The van der Waals surface area contributed by atoms with Crippen molar-refractivity contribution in [1.82, 2.24) is 9.55 Å². The summed E-state index contributed by atoms with van der Waals surface area (Å²) in [4.78, 5) is 28.2. The van der Waals surface area contributed by atoms with Gasteiger partial charge in [-0.3, -0.25) is 19.5 Å². The third-order valence-electron chi connectivity index (χ3n) is 2.92. The first kappa shape index (κ1) is 14.3. The molecule has 1 aromatic carbocycles. The number of benzene rings is 1. The van der Waals surface area contributed by atoms with Crippen LogP contribution in [-0.2, 0) is 0 Å². The summed E-state index contributed by atoms with van der Waals surface area (Å²) in [5, 5.41) is 2.45. The SMILES string of the molecule is O=C(Nc1nccn(-c2ccc(Br)cc2)c1=O)c1ccco1. The Kier molecular flexibility index (Phi) is 3.88. The molecule has 2 aromatic heterocycles. The second kappa shape index (κ2) is 5.98. The average Bonchev–Trinajstić information content (AvgIpc) is 3.05. The molecule has 1 N–H and O–H groups in total. The number of nitrogens with one attached hydrogen (secondary N) is 1. The van der Waals surface area contributed by atoms with Crippen molar-refractivity contribution < 1.29 is 9.21 Å². The summed E-state index contributed by atoms with van der Waals surface area (Å²) < 4.78 is 7.29. The second-order valence-corrected chi connectivity index (χ2v) is 5.27. The van der Waals surface area contributed by atoms with E-state index in [2.05, 4.69) is 26.2 Å². The van der Waals surface area contributed by atoms with Crippen LogP contribution in [0.1, 0.15) is 10.6 Å². The van der Waals surface area contributed by atoms with E-state index in [1.807, 2.05) is 12.1 Å². The summed E-state index contributed by atoms with van der Waals surface area (Å²) in [5.74, 6) is -0.477. The standard InChI is InChI=1S/C15H10BrN3O3/c16-10-3-5-11(6-4-10)19-8-7-17-13(15(19)21)18-14(20)12-2-1-9-22-12/h1-9H,(H,17,18,20). The van der Waals surface area contributed by atoms with E-state index < -0.39 is 11.5 Å². The van der Waals surface area contributed by atoms with Gasteiger partial charge in [-0.15, -0.1) is 0 Å². The minimum absolute atomic E-state index is 0.0631. The summed E-state index contributed by atoms with van der Waals surface area (Å²) in [6, 6.07) is 10.3. The number of rotatable bonds is 3. The number of hydrogen-bond donors (Lipinski definition) is 1. The van der Waals surface area contributed by atoms with Gasteiger partial charge in [-0.2, -0.15) is 0 Å². The van der Waals surface area contributed by atoms with Gasteiger partial charge in [-0.1, -0.05) is 15.9 Å². The summed E-state index contributed by atoms with van der Waals surface area (Å²) in [7, 11) is 0. The van der Waals surface area contributed by atoms with Crippen molar-refractivity contribution in [2.75, 3.05) is 5.32 Å². The normalized spacial score (nSPS) is 10.4. The molecule has 6 nitrogen and oxygen atoms in total. The molecule has 0 aliphatic carbocycles. The summed E-state index contributed by atoms with van der Waals surface area (Å²) >= 11 is 3.34. The fraction of sp³-hybridized carbons (Fsp3) is 0. The maximum atomic E-state index is 12.4. The van der Waals surface area contributed by atoms with Gasteiger partial charge in [0.15, 0.2) is 11.6 Å². The molecule has 0 aliphatic heterocycles. The molecule has 0 radical (unpaired) electrons. The largest absolute Gasteiger partial charge is 0.459 e. The van der Waals surface area contributed by atoms with Gasteiger partial charge in [0, 0.05) is 22.6 Å². The first-order valence-electron chi connectivity index (χ1n) is 6.33. The van der Waals surface area contributed by atoms with E-state index in [0.717, 1.165) is 4.47 Å². The van der Waals surface area contributed by atoms with Gasteiger partial charge in [0.1, 0.15) is 0 Å². The number of anilines is 1. The highest BCUT2D eigenvalue weighted by atomic mass is 79.9. The molecule has 0 spiro atoms. The van der Waals surface area contributed by atoms with E-state index >= 15 is 0 Å². The minimum Gasteiger partial charge on any atom is -0.459 e. The number of aromatic nitrogens is 2. The Labute approximate surface area is 133 Å². The number of carbonyl (C=O) groups is 1. The lowest BCUT2D eigenvalue weighted by molar-refractivity contribution is 0.0996. The Morgan fingerprint density at radius 2 is 2.00 bits per heavy atom. The lowest BCUT2D eigenvalue weighted by Gasteiger charge is -2.08. The molecule has 1 amide bonds. The van der Waals surface area contributed by atoms with Gasteiger partial charge in [-0.25, -0.2) is 4.98 Å². The van der Waals surface area contributed by atoms with E-state index in [-0.39, 0.29) is 11.6 Å². The van der Waals surface area contributed by atoms with Gasteiger partial charge in [0.25, 0.3) is 11.5 Å². The topological polar surface area (TPSA) is 77.1 Å². The lowest BCUT2D eigenvalue weighted by atomic mass is 10.3. The van der Waals surface area contributed by atoms with E-state index in [4.69, 9.17) is 4.42 Å². The number of halogens is 1. The Morgan fingerprint density at radius 1 is 1.23 bits per heavy atom. The highest BCUT2D eigenvalue weighted by Crippen LogP contribution is 2.13. The molecule has 0 bridgehead atoms. The molecule has 2 heterocycles. The van der Waals surface area contributed by atoms with Crippen LogP contribution in [0.5, 0.6) is 0 Å². The van der Waals surface area contributed by atoms with E-state index in [1.165, 1.54) is 29.3 Å². The predicted octanol–water partition coefficient (Wildman–Crippen LogP) is 2.84. The molecular formula is C15H10BrN3O3. The van der Waals surface area contributed by atoms with Crippen LogP contribution in [-0.4, -0.2) is 15.5 Å². The van der Waals surface area contributed by atoms with Crippen LogP contribution in [0.2, 0.25) is 0 Å². The Hall–Kier alpha value is -2.67. The zero-order chi connectivity index (χ0) is 15.5. The molecule has 110 valence electrons. The fourth-order valence-corrected chi connectivity index (χ4v) is 2.14. The molecular weight excluding hydrogens is 350 g/mol. The number of carbonyl (C=O) groups excluding carboxylic acids is 1. The lowest BCUT2D eigenvalue weighted by Crippen LogP contribution is -2.25. The maximum absolute atomic E-state index is 12.4. The Morgan fingerprint density at radius 3 is 2.68 bits per heavy atom. The number of furan rings is 1. The van der Waals surface area contributed by atoms with Crippen molar-refractivity contribution >= 4 is 27.7 Å². The molecule has 0 unspecified atom stereocenters. The Bertz CT molecular complexity index is 854. The van der Waals surface area contributed by atoms with Crippen LogP contribution in [0.4, 0.5) is 5.82 Å². The minimum atomic E-state index is -0.525. The van der Waals surface area contributed by atoms with Crippen LogP contribution < -0.4 is 10.9 Å². The zero-order valence-corrected chi connectivity index (χ0v) is 12.8. The summed E-state index contributed by atoms with van der Waals surface area (Å²) in [6.45, 7) is 0. The van der Waals surface area contributed by atoms with E-state index in [9.17, 15) is 9.59 Å². The summed E-state index contributed by atoms with van der Waals surface area (Å²) in [6.07, 6.45) is 4.36. The molecule has 0 atom stereocenters. The van der Waals surface area contributed by atoms with Crippen molar-refractivity contribution in [2.45, 2.75) is 0 Å². The van der Waals surface area contributed by atoms with Crippen molar-refractivity contribution in [1.29, 1.82) is 0 Å². The molecule has 0 fully saturated rings. The third kappa shape index (κ3) is 2.84. The zero-order valence-electron chi connectivity index (χ0n) is 11.2. The average molecular weight is 360 g/mol. The first-order valence-corrected chi connectivity index (χ1v) is 7.13. The van der Waals surface area contributed by atoms with Crippen molar-refractivity contribution in [3.8, 4) is 5.69 Å². The van der Waals surface area contributed by atoms with Gasteiger partial charge in [-0.05, 0) is 36.4 Å². The van der Waals surface area contributed by atoms with Crippen molar-refractivity contribution in [3.63, 3.8) is 0 Å². The van der Waals surface area contributed by atoms with Crippen LogP contribution in [0.25, 0.3) is 5.69 Å². The van der Waals surface area contributed by atoms with Crippen molar-refractivity contribution in [3.05, 3.63) is 75.6 Å². The highest BCUT2D eigenvalue weighted by Gasteiger charge is 2.13. The van der Waals surface area contributed by atoms with Crippen LogP contribution in [0.15, 0.2) is 68.7 Å². The van der Waals surface area contributed by atoms with Gasteiger partial charge < -0.3 is 4.42 Å². The quantitative estimate of drug-likeness (QED) is 0.779. The molecule has 7 heteroatoms. The monoisotopic (exact) mass is 359 g/mol. The molecule has 22 heavy (non-hydrogen) atoms. The third-order valence-corrected chi connectivity index (χ3v) is 3.45. The molecule has 0 saturated heterocycles. The number of nitrogens with zero attached hydrogens (tertiary/aromatic N) is 2. The number of hydrogen-bond acceptors (Lipinski definition) is 4. The second-order valence-electron chi connectivity index (χ2n) is 4.36. The van der Waals surface area contributed by atoms with Gasteiger partial charge in [0.2, 0.25) is 0 Å². The molecule has 0 aliphatic rings. The van der Waals surface area contributed by atoms with E-state index in [0.29, 0.717) is 5.69 Å². The predicted molar refractivity (Wildman–Crippen MR) is 84.2 cm³/mol. The van der Waals surface area contributed by atoms with Gasteiger partial charge in [0.05, 0.1) is 6.26 Å². The molecule has 3 rings (SSSR count). The van der Waals surface area contributed by atoms with Crippen LogP contribution in [0, 0.1) is 0 Å². The summed E-state index contributed by atoms with van der Waals surface area (Å²) in [5.41, 5.74) is 0.244. The molecule has 3 aromatic rings. The highest BCUT2D eigenvalue weighted by molar-refractivity contribution is 9.10. The van der Waals surface area contributed by atoms with E-state index in [1.54, 1.807) is 18.2 Å². The van der Waals surface area contributed by atoms with Crippen molar-refractivity contribution in [2.24, 2.45) is 0 Å². The smallest absolute Gasteiger partial charge is 0.298 e. The molecule has 0 saturated carbocycles.